The topological polar surface area (TPSA) is 75.6 Å². The lowest BCUT2D eigenvalue weighted by atomic mass is 10.4. The number of hydrogen-bond donors (Lipinski definition) is 2. The number of aryl methyl sites for hydroxylation is 1. The van der Waals surface area contributed by atoms with Crippen molar-refractivity contribution < 1.29 is 19.4 Å². The first-order chi connectivity index (χ1) is 7.54. The molecule has 88 valence electrons. The van der Waals surface area contributed by atoms with Crippen molar-refractivity contribution >= 4 is 23.2 Å². The summed E-state index contributed by atoms with van der Waals surface area (Å²) < 4.78 is 5.26. The maximum absolute atomic E-state index is 10.9. The molecular weight excluding hydrogens is 230 g/mol. The zero-order chi connectivity index (χ0) is 12.1. The first kappa shape index (κ1) is 12.5. The Kier molecular flexibility index (Phi) is 4.30. The van der Waals surface area contributed by atoms with Gasteiger partial charge in [-0.05, 0) is 13.0 Å². The fourth-order valence-corrected chi connectivity index (χ4v) is 1.92. The monoisotopic (exact) mass is 243 g/mol. The van der Waals surface area contributed by atoms with Gasteiger partial charge in [-0.1, -0.05) is 0 Å². The summed E-state index contributed by atoms with van der Waals surface area (Å²) in [6.45, 7) is 1.98. The molecule has 1 amide bonds. The average molecular weight is 243 g/mol. The Bertz CT molecular complexity index is 400. The number of rotatable bonds is 5. The van der Waals surface area contributed by atoms with Crippen LogP contribution in [0.5, 0.6) is 5.75 Å². The van der Waals surface area contributed by atoms with Crippen LogP contribution >= 0.6 is 11.3 Å². The van der Waals surface area contributed by atoms with Gasteiger partial charge in [0.05, 0.1) is 13.0 Å². The molecule has 6 heteroatoms. The minimum atomic E-state index is -1.01. The van der Waals surface area contributed by atoms with Crippen LogP contribution in [0.3, 0.4) is 0 Å². The summed E-state index contributed by atoms with van der Waals surface area (Å²) >= 11 is 1.16. The molecule has 2 N–H and O–H groups in total. The van der Waals surface area contributed by atoms with Gasteiger partial charge in [0.2, 0.25) is 5.91 Å². The molecular formula is C10H13NO4S. The van der Waals surface area contributed by atoms with Gasteiger partial charge in [0.25, 0.3) is 0 Å². The van der Waals surface area contributed by atoms with Gasteiger partial charge in [0, 0.05) is 11.9 Å². The third-order valence-electron chi connectivity index (χ3n) is 1.88. The van der Waals surface area contributed by atoms with Gasteiger partial charge in [0.1, 0.15) is 5.75 Å². The molecule has 0 atom stereocenters. The van der Waals surface area contributed by atoms with Crippen molar-refractivity contribution in [2.24, 2.45) is 0 Å². The number of thiophene rings is 1. The van der Waals surface area contributed by atoms with E-state index < -0.39 is 5.97 Å². The molecule has 1 aromatic rings. The Morgan fingerprint density at radius 1 is 1.56 bits per heavy atom. The third kappa shape index (κ3) is 3.23. The molecule has 0 fully saturated rings. The summed E-state index contributed by atoms with van der Waals surface area (Å²) in [5, 5.41) is 11.3. The van der Waals surface area contributed by atoms with Gasteiger partial charge >= 0.3 is 5.97 Å². The second-order valence-corrected chi connectivity index (χ2v) is 4.38. The molecule has 0 saturated carbocycles. The van der Waals surface area contributed by atoms with E-state index in [1.54, 1.807) is 13.1 Å². The Balaban J connectivity index is 2.59. The predicted molar refractivity (Wildman–Crippen MR) is 60.2 cm³/mol. The molecule has 0 aliphatic rings. The second-order valence-electron chi connectivity index (χ2n) is 3.13. The largest absolute Gasteiger partial charge is 0.491 e. The summed E-state index contributed by atoms with van der Waals surface area (Å²) in [5.41, 5.74) is 0. The van der Waals surface area contributed by atoms with Crippen LogP contribution in [0.4, 0.5) is 0 Å². The Hall–Kier alpha value is -1.56. The summed E-state index contributed by atoms with van der Waals surface area (Å²) in [6, 6.07) is 1.66. The lowest BCUT2D eigenvalue weighted by Crippen LogP contribution is -2.20. The van der Waals surface area contributed by atoms with Crippen LogP contribution in [0.2, 0.25) is 0 Å². The first-order valence-electron chi connectivity index (χ1n) is 4.71. The van der Waals surface area contributed by atoms with Crippen LogP contribution in [0.25, 0.3) is 0 Å². The summed E-state index contributed by atoms with van der Waals surface area (Å²) in [6.07, 6.45) is 0.213. The normalized spacial score (nSPS) is 9.88. The van der Waals surface area contributed by atoms with Crippen molar-refractivity contribution in [3.8, 4) is 5.75 Å². The smallest absolute Gasteiger partial charge is 0.349 e. The van der Waals surface area contributed by atoms with E-state index >= 15 is 0 Å². The van der Waals surface area contributed by atoms with E-state index in [4.69, 9.17) is 9.84 Å². The highest BCUT2D eigenvalue weighted by atomic mass is 32.1. The molecule has 0 radical (unpaired) electrons. The quantitative estimate of drug-likeness (QED) is 0.816. The summed E-state index contributed by atoms with van der Waals surface area (Å²) in [4.78, 5) is 22.8. The Labute approximate surface area is 97.0 Å². The fraction of sp³-hybridized carbons (Fsp3) is 0.400. The van der Waals surface area contributed by atoms with Crippen LogP contribution in [-0.4, -0.2) is 30.6 Å². The minimum absolute atomic E-state index is 0.135. The van der Waals surface area contributed by atoms with Crippen LogP contribution in [0.1, 0.15) is 21.0 Å². The lowest BCUT2D eigenvalue weighted by Gasteiger charge is -2.04. The Morgan fingerprint density at radius 2 is 2.25 bits per heavy atom. The van der Waals surface area contributed by atoms with E-state index in [-0.39, 0.29) is 23.8 Å². The van der Waals surface area contributed by atoms with Crippen molar-refractivity contribution in [2.45, 2.75) is 13.3 Å². The number of carbonyl (C=O) groups excluding carboxylic acids is 1. The zero-order valence-corrected chi connectivity index (χ0v) is 9.89. The van der Waals surface area contributed by atoms with Crippen LogP contribution < -0.4 is 10.1 Å². The maximum Gasteiger partial charge on any atom is 0.349 e. The molecule has 0 spiro atoms. The molecule has 0 unspecified atom stereocenters. The standard InChI is InChI=1S/C10H13NO4S/c1-6-5-7(9(16-6)10(13)14)15-4-3-8(12)11-2/h5H,3-4H2,1-2H3,(H,11,12)(H,13,14). The number of carboxylic acid groups (broad SMARTS) is 1. The second kappa shape index (κ2) is 5.50. The molecule has 16 heavy (non-hydrogen) atoms. The number of amides is 1. The van der Waals surface area contributed by atoms with Crippen molar-refractivity contribution in [1.29, 1.82) is 0 Å². The zero-order valence-electron chi connectivity index (χ0n) is 9.07. The number of carbonyl (C=O) groups is 2. The van der Waals surface area contributed by atoms with Gasteiger partial charge < -0.3 is 15.2 Å². The molecule has 5 nitrogen and oxygen atoms in total. The van der Waals surface area contributed by atoms with E-state index in [9.17, 15) is 9.59 Å². The van der Waals surface area contributed by atoms with E-state index in [1.165, 1.54) is 0 Å². The Morgan fingerprint density at radius 3 is 2.81 bits per heavy atom. The average Bonchev–Trinajstić information content (AvgIpc) is 2.59. The fourth-order valence-electron chi connectivity index (χ4n) is 1.13. The van der Waals surface area contributed by atoms with E-state index in [1.807, 2.05) is 6.92 Å². The van der Waals surface area contributed by atoms with Crippen molar-refractivity contribution in [1.82, 2.24) is 5.32 Å². The highest BCUT2D eigenvalue weighted by Crippen LogP contribution is 2.28. The molecule has 1 aromatic heterocycles. The summed E-state index contributed by atoms with van der Waals surface area (Å²) in [7, 11) is 1.54. The molecule has 0 aliphatic heterocycles. The predicted octanol–water partition coefficient (Wildman–Crippen LogP) is 1.27. The molecule has 0 aliphatic carbocycles. The first-order valence-corrected chi connectivity index (χ1v) is 5.53. The number of hydrogen-bond acceptors (Lipinski definition) is 4. The van der Waals surface area contributed by atoms with Gasteiger partial charge in [-0.15, -0.1) is 11.3 Å². The van der Waals surface area contributed by atoms with Gasteiger partial charge in [-0.3, -0.25) is 4.79 Å². The van der Waals surface area contributed by atoms with Crippen molar-refractivity contribution in [2.75, 3.05) is 13.7 Å². The van der Waals surface area contributed by atoms with E-state index in [2.05, 4.69) is 5.32 Å². The van der Waals surface area contributed by atoms with Crippen LogP contribution in [-0.2, 0) is 4.79 Å². The molecule has 1 heterocycles. The number of carboxylic acids is 1. The van der Waals surface area contributed by atoms with E-state index in [0.717, 1.165) is 16.2 Å². The third-order valence-corrected chi connectivity index (χ3v) is 2.90. The SMILES string of the molecule is CNC(=O)CCOc1cc(C)sc1C(=O)O. The number of aromatic carboxylic acids is 1. The van der Waals surface area contributed by atoms with Crippen molar-refractivity contribution in [3.05, 3.63) is 15.8 Å². The maximum atomic E-state index is 10.9. The molecule has 0 saturated heterocycles. The van der Waals surface area contributed by atoms with Gasteiger partial charge in [-0.2, -0.15) is 0 Å². The highest BCUT2D eigenvalue weighted by Gasteiger charge is 2.15. The number of ether oxygens (including phenoxy) is 1. The van der Waals surface area contributed by atoms with E-state index in [0.29, 0.717) is 5.75 Å². The van der Waals surface area contributed by atoms with Crippen molar-refractivity contribution in [3.63, 3.8) is 0 Å². The minimum Gasteiger partial charge on any atom is -0.491 e. The molecule has 0 aromatic carbocycles. The lowest BCUT2D eigenvalue weighted by molar-refractivity contribution is -0.121. The van der Waals surface area contributed by atoms with Gasteiger partial charge in [0.15, 0.2) is 4.88 Å². The van der Waals surface area contributed by atoms with Gasteiger partial charge in [-0.25, -0.2) is 4.79 Å². The van der Waals surface area contributed by atoms with Crippen LogP contribution in [0.15, 0.2) is 6.07 Å². The molecule has 0 bridgehead atoms. The number of nitrogens with one attached hydrogen (secondary N) is 1. The van der Waals surface area contributed by atoms with Crippen LogP contribution in [0, 0.1) is 6.92 Å². The molecule has 1 rings (SSSR count). The summed E-state index contributed by atoms with van der Waals surface area (Å²) in [5.74, 6) is -0.809. The highest BCUT2D eigenvalue weighted by molar-refractivity contribution is 7.14.